The molecule has 0 saturated heterocycles. The van der Waals surface area contributed by atoms with Gasteiger partial charge in [-0.25, -0.2) is 4.98 Å². The Morgan fingerprint density at radius 1 is 1.31 bits per heavy atom. The zero-order valence-electron chi connectivity index (χ0n) is 10.5. The molecule has 1 aliphatic heterocycles. The van der Waals surface area contributed by atoms with Gasteiger partial charge in [0, 0.05) is 18.8 Å². The number of fused-ring (bicyclic) bond motifs is 1. The fourth-order valence-corrected chi connectivity index (χ4v) is 2.09. The molecular weight excluding hydrogens is 198 g/mol. The summed E-state index contributed by atoms with van der Waals surface area (Å²) in [6.45, 7) is 9.89. The maximum Gasteiger partial charge on any atom is 0.149 e. The second kappa shape index (κ2) is 4.32. The van der Waals surface area contributed by atoms with E-state index in [0.29, 0.717) is 17.9 Å². The fourth-order valence-electron chi connectivity index (χ4n) is 2.09. The first kappa shape index (κ1) is 11.2. The lowest BCUT2D eigenvalue weighted by Gasteiger charge is -2.32. The highest BCUT2D eigenvalue weighted by molar-refractivity contribution is 5.71. The molecule has 0 aromatic carbocycles. The van der Waals surface area contributed by atoms with Crippen molar-refractivity contribution in [3.05, 3.63) is 17.8 Å². The summed E-state index contributed by atoms with van der Waals surface area (Å²) in [7, 11) is 0. The predicted octanol–water partition coefficient (Wildman–Crippen LogP) is 3.07. The molecule has 0 amide bonds. The van der Waals surface area contributed by atoms with Crippen molar-refractivity contribution in [1.82, 2.24) is 4.98 Å². The van der Waals surface area contributed by atoms with Crippen LogP contribution < -0.4 is 10.6 Å². The van der Waals surface area contributed by atoms with E-state index in [-0.39, 0.29) is 0 Å². The van der Waals surface area contributed by atoms with Crippen LogP contribution in [-0.4, -0.2) is 17.6 Å². The third kappa shape index (κ3) is 1.99. The standard InChI is InChI=1S/C13H21N3/c1-8(2)10-5-6-14-13-12(10)16-11(7-15-13)9(3)4/h5-6,8-9,11,16H,7H2,1-4H3,(H,14,15)/t11-/m0/s1. The summed E-state index contributed by atoms with van der Waals surface area (Å²) in [4.78, 5) is 4.38. The molecule has 2 heterocycles. The highest BCUT2D eigenvalue weighted by Gasteiger charge is 2.23. The smallest absolute Gasteiger partial charge is 0.149 e. The summed E-state index contributed by atoms with van der Waals surface area (Å²) < 4.78 is 0. The number of nitrogens with one attached hydrogen (secondary N) is 2. The summed E-state index contributed by atoms with van der Waals surface area (Å²) >= 11 is 0. The van der Waals surface area contributed by atoms with Crippen LogP contribution in [0, 0.1) is 5.92 Å². The molecule has 2 rings (SSSR count). The number of anilines is 2. The first-order chi connectivity index (χ1) is 7.59. The Morgan fingerprint density at radius 3 is 2.69 bits per heavy atom. The maximum absolute atomic E-state index is 4.38. The molecule has 2 N–H and O–H groups in total. The van der Waals surface area contributed by atoms with Gasteiger partial charge in [-0.2, -0.15) is 0 Å². The van der Waals surface area contributed by atoms with E-state index in [1.165, 1.54) is 11.3 Å². The molecule has 0 bridgehead atoms. The topological polar surface area (TPSA) is 37.0 Å². The lowest BCUT2D eigenvalue weighted by atomic mass is 9.97. The number of hydrogen-bond donors (Lipinski definition) is 2. The van der Waals surface area contributed by atoms with Gasteiger partial charge in [-0.1, -0.05) is 27.7 Å². The van der Waals surface area contributed by atoms with Crippen LogP contribution in [0.3, 0.4) is 0 Å². The number of pyridine rings is 1. The highest BCUT2D eigenvalue weighted by atomic mass is 15.1. The van der Waals surface area contributed by atoms with Crippen molar-refractivity contribution < 1.29 is 0 Å². The average Bonchev–Trinajstić information content (AvgIpc) is 2.27. The Bertz CT molecular complexity index is 371. The van der Waals surface area contributed by atoms with Crippen LogP contribution in [-0.2, 0) is 0 Å². The Morgan fingerprint density at radius 2 is 2.06 bits per heavy atom. The lowest BCUT2D eigenvalue weighted by Crippen LogP contribution is -2.38. The van der Waals surface area contributed by atoms with Gasteiger partial charge in [-0.3, -0.25) is 0 Å². The molecule has 3 nitrogen and oxygen atoms in total. The number of aromatic nitrogens is 1. The van der Waals surface area contributed by atoms with Crippen LogP contribution in [0.4, 0.5) is 11.5 Å². The van der Waals surface area contributed by atoms with Gasteiger partial charge in [0.25, 0.3) is 0 Å². The second-order valence-corrected chi connectivity index (χ2v) is 5.15. The molecule has 0 spiro atoms. The monoisotopic (exact) mass is 219 g/mol. The third-order valence-corrected chi connectivity index (χ3v) is 3.23. The largest absolute Gasteiger partial charge is 0.377 e. The van der Waals surface area contributed by atoms with Gasteiger partial charge in [0.2, 0.25) is 0 Å². The predicted molar refractivity (Wildman–Crippen MR) is 69.1 cm³/mol. The third-order valence-electron chi connectivity index (χ3n) is 3.23. The minimum Gasteiger partial charge on any atom is -0.377 e. The fraction of sp³-hybridized carbons (Fsp3) is 0.615. The summed E-state index contributed by atoms with van der Waals surface area (Å²) in [5.74, 6) is 2.15. The second-order valence-electron chi connectivity index (χ2n) is 5.15. The number of rotatable bonds is 2. The average molecular weight is 219 g/mol. The van der Waals surface area contributed by atoms with Crippen LogP contribution >= 0.6 is 0 Å². The first-order valence-electron chi connectivity index (χ1n) is 6.09. The van der Waals surface area contributed by atoms with Crippen molar-refractivity contribution in [3.63, 3.8) is 0 Å². The quantitative estimate of drug-likeness (QED) is 0.802. The van der Waals surface area contributed by atoms with E-state index < -0.39 is 0 Å². The highest BCUT2D eigenvalue weighted by Crippen LogP contribution is 2.33. The molecule has 88 valence electrons. The van der Waals surface area contributed by atoms with Crippen LogP contribution in [0.5, 0.6) is 0 Å². The molecule has 0 radical (unpaired) electrons. The molecule has 3 heteroatoms. The molecular formula is C13H21N3. The van der Waals surface area contributed by atoms with E-state index in [2.05, 4.69) is 49.4 Å². The molecule has 1 aromatic heterocycles. The molecule has 0 fully saturated rings. The van der Waals surface area contributed by atoms with E-state index in [4.69, 9.17) is 0 Å². The van der Waals surface area contributed by atoms with Gasteiger partial charge in [0.1, 0.15) is 5.82 Å². The van der Waals surface area contributed by atoms with Gasteiger partial charge in [-0.15, -0.1) is 0 Å². The van der Waals surface area contributed by atoms with Crippen LogP contribution in [0.2, 0.25) is 0 Å². The van der Waals surface area contributed by atoms with Gasteiger partial charge in [-0.05, 0) is 23.5 Å². The number of nitrogens with zero attached hydrogens (tertiary/aromatic N) is 1. The van der Waals surface area contributed by atoms with E-state index in [1.807, 2.05) is 6.20 Å². The molecule has 16 heavy (non-hydrogen) atoms. The maximum atomic E-state index is 4.38. The molecule has 0 aliphatic carbocycles. The van der Waals surface area contributed by atoms with Crippen LogP contribution in [0.1, 0.15) is 39.2 Å². The Labute approximate surface area is 97.7 Å². The van der Waals surface area contributed by atoms with Crippen molar-refractivity contribution >= 4 is 11.5 Å². The van der Waals surface area contributed by atoms with Crippen LogP contribution in [0.25, 0.3) is 0 Å². The van der Waals surface area contributed by atoms with Gasteiger partial charge in [0.05, 0.1) is 5.69 Å². The van der Waals surface area contributed by atoms with Crippen molar-refractivity contribution in [2.45, 2.75) is 39.7 Å². The lowest BCUT2D eigenvalue weighted by molar-refractivity contribution is 0.534. The van der Waals surface area contributed by atoms with Gasteiger partial charge >= 0.3 is 0 Å². The summed E-state index contributed by atoms with van der Waals surface area (Å²) in [5.41, 5.74) is 2.55. The van der Waals surface area contributed by atoms with Crippen molar-refractivity contribution in [2.24, 2.45) is 5.92 Å². The summed E-state index contributed by atoms with van der Waals surface area (Å²) in [6, 6.07) is 2.61. The normalized spacial score (nSPS) is 19.2. The molecule has 1 aromatic rings. The van der Waals surface area contributed by atoms with E-state index >= 15 is 0 Å². The van der Waals surface area contributed by atoms with E-state index in [1.54, 1.807) is 0 Å². The molecule has 1 aliphatic rings. The Balaban J connectivity index is 2.34. The molecule has 0 unspecified atom stereocenters. The zero-order chi connectivity index (χ0) is 11.7. The van der Waals surface area contributed by atoms with Crippen molar-refractivity contribution in [1.29, 1.82) is 0 Å². The van der Waals surface area contributed by atoms with E-state index in [0.717, 1.165) is 12.4 Å². The SMILES string of the molecule is CC(C)c1ccnc2c1N[C@H](C(C)C)CN2. The van der Waals surface area contributed by atoms with Crippen molar-refractivity contribution in [2.75, 3.05) is 17.2 Å². The summed E-state index contributed by atoms with van der Waals surface area (Å²) in [5, 5.41) is 7.04. The Kier molecular flexibility index (Phi) is 3.03. The molecule has 0 saturated carbocycles. The van der Waals surface area contributed by atoms with Gasteiger partial charge in [0.15, 0.2) is 0 Å². The Hall–Kier alpha value is -1.25. The minimum absolute atomic E-state index is 0.495. The first-order valence-corrected chi connectivity index (χ1v) is 6.09. The zero-order valence-corrected chi connectivity index (χ0v) is 10.5. The van der Waals surface area contributed by atoms with Crippen LogP contribution in [0.15, 0.2) is 12.3 Å². The van der Waals surface area contributed by atoms with Crippen molar-refractivity contribution in [3.8, 4) is 0 Å². The van der Waals surface area contributed by atoms with E-state index in [9.17, 15) is 0 Å². The van der Waals surface area contributed by atoms with Gasteiger partial charge < -0.3 is 10.6 Å². The summed E-state index contributed by atoms with van der Waals surface area (Å²) in [6.07, 6.45) is 1.89. The molecule has 1 atom stereocenters. The minimum atomic E-state index is 0.495. The number of hydrogen-bond acceptors (Lipinski definition) is 3.